The molecular weight excluding hydrogens is 270 g/mol. The van der Waals surface area contributed by atoms with Crippen molar-refractivity contribution in [3.8, 4) is 0 Å². The third-order valence-electron chi connectivity index (χ3n) is 2.61. The summed E-state index contributed by atoms with van der Waals surface area (Å²) in [5.74, 6) is -0.219. The Labute approximate surface area is 114 Å². The standard InChI is InChI=1S/C12H14ClN3OS/c1-7(5-14)12(17)15-6-11-16-9-4-8(13)2-3-10(9)18-11/h2-4,7H,5-6,14H2,1H3,(H,15,17). The van der Waals surface area contributed by atoms with Crippen LogP contribution in [0, 0.1) is 5.92 Å². The fraction of sp³-hybridized carbons (Fsp3) is 0.333. The largest absolute Gasteiger partial charge is 0.349 e. The van der Waals surface area contributed by atoms with Crippen LogP contribution in [0.25, 0.3) is 10.2 Å². The number of nitrogens with zero attached hydrogens (tertiary/aromatic N) is 1. The van der Waals surface area contributed by atoms with Gasteiger partial charge in [-0.2, -0.15) is 0 Å². The number of rotatable bonds is 4. The number of nitrogens with two attached hydrogens (primary N) is 1. The van der Waals surface area contributed by atoms with E-state index in [0.717, 1.165) is 15.2 Å². The molecule has 1 heterocycles. The number of fused-ring (bicyclic) bond motifs is 1. The Kier molecular flexibility index (Phi) is 4.16. The Morgan fingerprint density at radius 2 is 2.39 bits per heavy atom. The van der Waals surface area contributed by atoms with Gasteiger partial charge in [0.25, 0.3) is 0 Å². The van der Waals surface area contributed by atoms with Gasteiger partial charge in [-0.05, 0) is 18.2 Å². The second-order valence-electron chi connectivity index (χ2n) is 4.07. The van der Waals surface area contributed by atoms with Crippen LogP contribution in [0.4, 0.5) is 0 Å². The highest BCUT2D eigenvalue weighted by Gasteiger charge is 2.11. The van der Waals surface area contributed by atoms with Gasteiger partial charge in [0.05, 0.1) is 16.8 Å². The van der Waals surface area contributed by atoms with Crippen LogP contribution in [0.5, 0.6) is 0 Å². The summed E-state index contributed by atoms with van der Waals surface area (Å²) in [7, 11) is 0. The topological polar surface area (TPSA) is 68.0 Å². The average molecular weight is 284 g/mol. The predicted octanol–water partition coefficient (Wildman–Crippen LogP) is 2.16. The predicted molar refractivity (Wildman–Crippen MR) is 74.7 cm³/mol. The van der Waals surface area contributed by atoms with E-state index in [2.05, 4.69) is 10.3 Å². The fourth-order valence-corrected chi connectivity index (χ4v) is 2.52. The number of benzene rings is 1. The van der Waals surface area contributed by atoms with Crippen molar-refractivity contribution in [3.05, 3.63) is 28.2 Å². The summed E-state index contributed by atoms with van der Waals surface area (Å²) in [4.78, 5) is 16.0. The monoisotopic (exact) mass is 283 g/mol. The van der Waals surface area contributed by atoms with E-state index in [4.69, 9.17) is 17.3 Å². The van der Waals surface area contributed by atoms with Gasteiger partial charge in [0.1, 0.15) is 5.01 Å². The zero-order chi connectivity index (χ0) is 13.1. The van der Waals surface area contributed by atoms with Crippen LogP contribution in [-0.4, -0.2) is 17.4 Å². The summed E-state index contributed by atoms with van der Waals surface area (Å²) in [6.45, 7) is 2.58. The second kappa shape index (κ2) is 5.65. The number of aromatic nitrogens is 1. The van der Waals surface area contributed by atoms with Crippen molar-refractivity contribution in [2.45, 2.75) is 13.5 Å². The quantitative estimate of drug-likeness (QED) is 0.903. The summed E-state index contributed by atoms with van der Waals surface area (Å²) in [5, 5.41) is 4.35. The Balaban J connectivity index is 2.06. The van der Waals surface area contributed by atoms with Gasteiger partial charge in [-0.1, -0.05) is 18.5 Å². The molecule has 1 aromatic heterocycles. The first kappa shape index (κ1) is 13.3. The third kappa shape index (κ3) is 2.98. The molecule has 1 amide bonds. The van der Waals surface area contributed by atoms with Crippen LogP contribution in [0.15, 0.2) is 18.2 Å². The fourth-order valence-electron chi connectivity index (χ4n) is 1.47. The second-order valence-corrected chi connectivity index (χ2v) is 5.63. The highest BCUT2D eigenvalue weighted by molar-refractivity contribution is 7.18. The molecule has 0 fully saturated rings. The highest BCUT2D eigenvalue weighted by atomic mass is 35.5. The van der Waals surface area contributed by atoms with Gasteiger partial charge in [-0.3, -0.25) is 4.79 Å². The van der Waals surface area contributed by atoms with Gasteiger partial charge in [-0.25, -0.2) is 4.98 Å². The molecule has 96 valence electrons. The van der Waals surface area contributed by atoms with E-state index in [1.165, 1.54) is 0 Å². The van der Waals surface area contributed by atoms with Gasteiger partial charge in [0.15, 0.2) is 0 Å². The Morgan fingerprint density at radius 3 is 3.11 bits per heavy atom. The lowest BCUT2D eigenvalue weighted by Gasteiger charge is -2.07. The van der Waals surface area contributed by atoms with E-state index >= 15 is 0 Å². The maximum absolute atomic E-state index is 11.6. The number of thiazole rings is 1. The zero-order valence-corrected chi connectivity index (χ0v) is 11.5. The molecule has 2 aromatic rings. The van der Waals surface area contributed by atoms with Crippen molar-refractivity contribution in [1.29, 1.82) is 0 Å². The molecule has 3 N–H and O–H groups in total. The molecule has 6 heteroatoms. The maximum Gasteiger partial charge on any atom is 0.224 e. The van der Waals surface area contributed by atoms with E-state index in [1.807, 2.05) is 18.2 Å². The van der Waals surface area contributed by atoms with Crippen LogP contribution in [0.1, 0.15) is 11.9 Å². The van der Waals surface area contributed by atoms with E-state index in [-0.39, 0.29) is 11.8 Å². The lowest BCUT2D eigenvalue weighted by Crippen LogP contribution is -2.32. The van der Waals surface area contributed by atoms with Crippen LogP contribution in [0.3, 0.4) is 0 Å². The molecule has 1 atom stereocenters. The number of hydrogen-bond donors (Lipinski definition) is 2. The SMILES string of the molecule is CC(CN)C(=O)NCc1nc2cc(Cl)ccc2s1. The Hall–Kier alpha value is -1.17. The first-order chi connectivity index (χ1) is 8.60. The van der Waals surface area contributed by atoms with E-state index in [0.29, 0.717) is 18.1 Å². The summed E-state index contributed by atoms with van der Waals surface area (Å²) in [6.07, 6.45) is 0. The number of nitrogens with one attached hydrogen (secondary N) is 1. The number of carbonyl (C=O) groups excluding carboxylic acids is 1. The van der Waals surface area contributed by atoms with Crippen LogP contribution < -0.4 is 11.1 Å². The third-order valence-corrected chi connectivity index (χ3v) is 3.88. The van der Waals surface area contributed by atoms with Crippen LogP contribution in [-0.2, 0) is 11.3 Å². The molecular formula is C12H14ClN3OS. The summed E-state index contributed by atoms with van der Waals surface area (Å²) < 4.78 is 1.07. The van der Waals surface area contributed by atoms with Gasteiger partial charge < -0.3 is 11.1 Å². The van der Waals surface area contributed by atoms with E-state index in [9.17, 15) is 4.79 Å². The highest BCUT2D eigenvalue weighted by Crippen LogP contribution is 2.24. The number of amides is 1. The molecule has 0 aliphatic rings. The van der Waals surface area contributed by atoms with Gasteiger partial charge in [-0.15, -0.1) is 11.3 Å². The zero-order valence-electron chi connectivity index (χ0n) is 9.94. The smallest absolute Gasteiger partial charge is 0.224 e. The lowest BCUT2D eigenvalue weighted by molar-refractivity contribution is -0.124. The van der Waals surface area contributed by atoms with Crippen molar-refractivity contribution in [1.82, 2.24) is 10.3 Å². The van der Waals surface area contributed by atoms with Crippen molar-refractivity contribution in [3.63, 3.8) is 0 Å². The maximum atomic E-state index is 11.6. The van der Waals surface area contributed by atoms with Crippen LogP contribution >= 0.6 is 22.9 Å². The molecule has 0 saturated heterocycles. The molecule has 1 aromatic carbocycles. The summed E-state index contributed by atoms with van der Waals surface area (Å²) in [6, 6.07) is 5.59. The molecule has 0 radical (unpaired) electrons. The summed E-state index contributed by atoms with van der Waals surface area (Å²) in [5.41, 5.74) is 6.30. The van der Waals surface area contributed by atoms with Gasteiger partial charge >= 0.3 is 0 Å². The average Bonchev–Trinajstić information content (AvgIpc) is 2.76. The molecule has 1 unspecified atom stereocenters. The Bertz CT molecular complexity index is 569. The van der Waals surface area contributed by atoms with Gasteiger partial charge in [0.2, 0.25) is 5.91 Å². The van der Waals surface area contributed by atoms with Crippen molar-refractivity contribution in [2.75, 3.05) is 6.54 Å². The first-order valence-corrected chi connectivity index (χ1v) is 6.82. The molecule has 18 heavy (non-hydrogen) atoms. The molecule has 0 saturated carbocycles. The molecule has 2 rings (SSSR count). The normalized spacial score (nSPS) is 12.6. The van der Waals surface area contributed by atoms with E-state index < -0.39 is 0 Å². The van der Waals surface area contributed by atoms with E-state index in [1.54, 1.807) is 18.3 Å². The van der Waals surface area contributed by atoms with Gasteiger partial charge in [0, 0.05) is 17.5 Å². The molecule has 0 aliphatic carbocycles. The number of hydrogen-bond acceptors (Lipinski definition) is 4. The number of halogens is 1. The van der Waals surface area contributed by atoms with Crippen LogP contribution in [0.2, 0.25) is 5.02 Å². The van der Waals surface area contributed by atoms with Crippen molar-refractivity contribution < 1.29 is 4.79 Å². The molecule has 0 spiro atoms. The minimum Gasteiger partial charge on any atom is -0.349 e. The molecule has 0 bridgehead atoms. The number of carbonyl (C=O) groups is 1. The lowest BCUT2D eigenvalue weighted by atomic mass is 10.2. The Morgan fingerprint density at radius 1 is 1.61 bits per heavy atom. The van der Waals surface area contributed by atoms with Crippen molar-refractivity contribution in [2.24, 2.45) is 11.7 Å². The molecule has 4 nitrogen and oxygen atoms in total. The summed E-state index contributed by atoms with van der Waals surface area (Å²) >= 11 is 7.45. The minimum atomic E-state index is -0.172. The molecule has 0 aliphatic heterocycles. The van der Waals surface area contributed by atoms with Crippen molar-refractivity contribution >= 4 is 39.1 Å². The minimum absolute atomic E-state index is 0.0465. The first-order valence-electron chi connectivity index (χ1n) is 5.63.